The van der Waals surface area contributed by atoms with Crippen LogP contribution in [0.1, 0.15) is 12.5 Å². The van der Waals surface area contributed by atoms with Crippen molar-refractivity contribution < 1.29 is 9.47 Å². The Morgan fingerprint density at radius 2 is 2.08 bits per heavy atom. The minimum Gasteiger partial charge on any atom is -0.490 e. The van der Waals surface area contributed by atoms with Crippen molar-refractivity contribution in [3.05, 3.63) is 50.7 Å². The summed E-state index contributed by atoms with van der Waals surface area (Å²) in [5, 5.41) is 0. The second-order valence-electron chi connectivity index (χ2n) is 6.43. The highest BCUT2D eigenvalue weighted by atomic mass is 16.6. The molecule has 136 valence electrons. The van der Waals surface area contributed by atoms with Crippen LogP contribution >= 0.6 is 0 Å². The number of aryl methyl sites for hydroxylation is 2. The van der Waals surface area contributed by atoms with E-state index < -0.39 is 5.69 Å². The molecule has 1 aliphatic heterocycles. The molecule has 0 unspecified atom stereocenters. The molecule has 1 atom stereocenters. The zero-order chi connectivity index (χ0) is 18.4. The van der Waals surface area contributed by atoms with E-state index in [1.807, 2.05) is 18.2 Å². The fourth-order valence-corrected chi connectivity index (χ4v) is 3.21. The number of hydrogen-bond acceptors (Lipinski definition) is 5. The van der Waals surface area contributed by atoms with E-state index in [9.17, 15) is 9.59 Å². The third kappa shape index (κ3) is 2.49. The van der Waals surface area contributed by atoms with Crippen LogP contribution in [0.2, 0.25) is 0 Å². The van der Waals surface area contributed by atoms with Gasteiger partial charge in [0.2, 0.25) is 0 Å². The van der Waals surface area contributed by atoms with Crippen molar-refractivity contribution in [3.63, 3.8) is 0 Å². The predicted molar refractivity (Wildman–Crippen MR) is 95.9 cm³/mol. The number of aromatic nitrogens is 4. The predicted octanol–water partition coefficient (Wildman–Crippen LogP) is 0.836. The van der Waals surface area contributed by atoms with Crippen molar-refractivity contribution in [2.75, 3.05) is 6.61 Å². The molecule has 8 heteroatoms. The van der Waals surface area contributed by atoms with E-state index in [0.29, 0.717) is 30.3 Å². The Morgan fingerprint density at radius 1 is 1.27 bits per heavy atom. The lowest BCUT2D eigenvalue weighted by molar-refractivity contribution is 0.143. The highest BCUT2D eigenvalue weighted by molar-refractivity contribution is 5.72. The van der Waals surface area contributed by atoms with E-state index in [2.05, 4.69) is 18.0 Å². The summed E-state index contributed by atoms with van der Waals surface area (Å²) >= 11 is 0. The van der Waals surface area contributed by atoms with Gasteiger partial charge in [0.05, 0.1) is 6.54 Å². The molecule has 4 rings (SSSR count). The molecule has 0 saturated heterocycles. The Hall–Kier alpha value is -3.03. The van der Waals surface area contributed by atoms with E-state index in [1.54, 1.807) is 11.6 Å². The second-order valence-corrected chi connectivity index (χ2v) is 6.43. The molecule has 3 aromatic rings. The topological polar surface area (TPSA) is 80.3 Å². The van der Waals surface area contributed by atoms with Gasteiger partial charge in [-0.25, -0.2) is 4.79 Å². The van der Waals surface area contributed by atoms with Crippen LogP contribution < -0.4 is 20.7 Å². The maximum absolute atomic E-state index is 12.5. The van der Waals surface area contributed by atoms with Crippen LogP contribution in [0.15, 0.2) is 33.9 Å². The van der Waals surface area contributed by atoms with Gasteiger partial charge in [0.15, 0.2) is 17.3 Å². The van der Waals surface area contributed by atoms with E-state index in [1.165, 1.54) is 17.2 Å². The monoisotopic (exact) mass is 356 g/mol. The van der Waals surface area contributed by atoms with Gasteiger partial charge in [-0.15, -0.1) is 0 Å². The van der Waals surface area contributed by atoms with Crippen molar-refractivity contribution in [1.29, 1.82) is 0 Å². The first kappa shape index (κ1) is 16.4. The number of benzene rings is 1. The van der Waals surface area contributed by atoms with Gasteiger partial charge in [-0.1, -0.05) is 19.1 Å². The van der Waals surface area contributed by atoms with Crippen LogP contribution in [0.3, 0.4) is 0 Å². The number of hydrogen-bond donors (Lipinski definition) is 0. The standard InChI is InChI=1S/C18H20N4O4/c1-4-11-6-5-7-12(8-11)25-10-13-9-22-14-15(19-17(22)26-13)20(2)18(24)21(3)16(14)23/h5-8,13H,4,9-10H2,1-3H3/t13-/m0/s1. The van der Waals surface area contributed by atoms with Gasteiger partial charge in [0, 0.05) is 14.1 Å². The summed E-state index contributed by atoms with van der Waals surface area (Å²) in [5.74, 6) is 0.792. The first-order valence-corrected chi connectivity index (χ1v) is 8.54. The lowest BCUT2D eigenvalue weighted by Gasteiger charge is -2.12. The SMILES string of the molecule is CCc1cccc(OC[C@@H]2Cn3c(nc4c3c(=O)n(C)c(=O)n4C)O2)c1. The van der Waals surface area contributed by atoms with Crippen LogP contribution in [-0.4, -0.2) is 31.4 Å². The zero-order valence-corrected chi connectivity index (χ0v) is 14.9. The minimum absolute atomic E-state index is 0.242. The number of ether oxygens (including phenoxy) is 2. The number of nitrogens with zero attached hydrogens (tertiary/aromatic N) is 4. The Bertz CT molecular complexity index is 1110. The van der Waals surface area contributed by atoms with Gasteiger partial charge in [0.25, 0.3) is 11.6 Å². The summed E-state index contributed by atoms with van der Waals surface area (Å²) in [5.41, 5.74) is 1.14. The highest BCUT2D eigenvalue weighted by Gasteiger charge is 2.30. The zero-order valence-electron chi connectivity index (χ0n) is 14.9. The fourth-order valence-electron chi connectivity index (χ4n) is 3.21. The molecule has 8 nitrogen and oxygen atoms in total. The van der Waals surface area contributed by atoms with E-state index in [-0.39, 0.29) is 11.7 Å². The molecule has 26 heavy (non-hydrogen) atoms. The Kier molecular flexibility index (Phi) is 3.82. The van der Waals surface area contributed by atoms with Crippen LogP contribution in [0.25, 0.3) is 11.2 Å². The van der Waals surface area contributed by atoms with Gasteiger partial charge >= 0.3 is 5.69 Å². The molecular weight excluding hydrogens is 336 g/mol. The summed E-state index contributed by atoms with van der Waals surface area (Å²) in [7, 11) is 3.05. The Morgan fingerprint density at radius 3 is 2.85 bits per heavy atom. The third-order valence-electron chi connectivity index (χ3n) is 4.71. The molecule has 3 heterocycles. The average molecular weight is 356 g/mol. The molecule has 0 fully saturated rings. The Labute approximate surface area is 149 Å². The first-order valence-electron chi connectivity index (χ1n) is 8.54. The van der Waals surface area contributed by atoms with Crippen molar-refractivity contribution >= 4 is 11.2 Å². The lowest BCUT2D eigenvalue weighted by Crippen LogP contribution is -2.37. The van der Waals surface area contributed by atoms with Crippen molar-refractivity contribution in [2.24, 2.45) is 14.1 Å². The molecule has 0 saturated carbocycles. The van der Waals surface area contributed by atoms with Crippen LogP contribution in [0.5, 0.6) is 11.8 Å². The largest absolute Gasteiger partial charge is 0.490 e. The van der Waals surface area contributed by atoms with Crippen molar-refractivity contribution in [1.82, 2.24) is 18.7 Å². The van der Waals surface area contributed by atoms with Crippen molar-refractivity contribution in [3.8, 4) is 11.8 Å². The number of imidazole rings is 1. The number of rotatable bonds is 4. The molecule has 2 aromatic heterocycles. The molecule has 0 radical (unpaired) electrons. The summed E-state index contributed by atoms with van der Waals surface area (Å²) in [4.78, 5) is 28.8. The second kappa shape index (κ2) is 6.05. The molecule has 0 amide bonds. The maximum Gasteiger partial charge on any atom is 0.332 e. The van der Waals surface area contributed by atoms with E-state index in [4.69, 9.17) is 9.47 Å². The minimum atomic E-state index is -0.407. The highest BCUT2D eigenvalue weighted by Crippen LogP contribution is 2.25. The van der Waals surface area contributed by atoms with Gasteiger partial charge in [0.1, 0.15) is 12.4 Å². The van der Waals surface area contributed by atoms with Crippen LogP contribution in [0.4, 0.5) is 0 Å². The molecular formula is C18H20N4O4. The number of fused-ring (bicyclic) bond motifs is 3. The summed E-state index contributed by atoms with van der Waals surface area (Å²) < 4.78 is 15.8. The van der Waals surface area contributed by atoms with E-state index in [0.717, 1.165) is 16.7 Å². The first-order chi connectivity index (χ1) is 12.5. The molecule has 1 aromatic carbocycles. The fraction of sp³-hybridized carbons (Fsp3) is 0.389. The maximum atomic E-state index is 12.5. The van der Waals surface area contributed by atoms with Crippen LogP contribution in [-0.2, 0) is 27.1 Å². The smallest absolute Gasteiger partial charge is 0.332 e. The molecule has 1 aliphatic rings. The van der Waals surface area contributed by atoms with Gasteiger partial charge in [-0.2, -0.15) is 4.98 Å². The van der Waals surface area contributed by atoms with E-state index >= 15 is 0 Å². The van der Waals surface area contributed by atoms with Crippen molar-refractivity contribution in [2.45, 2.75) is 26.0 Å². The average Bonchev–Trinajstić information content (AvgIpc) is 3.20. The lowest BCUT2D eigenvalue weighted by atomic mass is 10.2. The summed E-state index contributed by atoms with van der Waals surface area (Å²) in [6.45, 7) is 2.90. The molecule has 0 bridgehead atoms. The van der Waals surface area contributed by atoms with Gasteiger partial charge in [-0.05, 0) is 24.1 Å². The quantitative estimate of drug-likeness (QED) is 0.692. The Balaban J connectivity index is 1.58. The van der Waals surface area contributed by atoms with Gasteiger partial charge < -0.3 is 9.47 Å². The summed E-state index contributed by atoms with van der Waals surface area (Å²) in [6.07, 6.45) is 0.703. The molecule has 0 spiro atoms. The molecule has 0 N–H and O–H groups in total. The molecule has 0 aliphatic carbocycles. The van der Waals surface area contributed by atoms with Crippen LogP contribution in [0, 0.1) is 0 Å². The summed E-state index contributed by atoms with van der Waals surface area (Å²) in [6, 6.07) is 8.28. The third-order valence-corrected chi connectivity index (χ3v) is 4.71. The van der Waals surface area contributed by atoms with Gasteiger partial charge in [-0.3, -0.25) is 18.5 Å². The normalized spacial score (nSPS) is 15.9.